The molecule has 1 aromatic carbocycles. The monoisotopic (exact) mass is 259 g/mol. The molecule has 0 aliphatic rings. The zero-order chi connectivity index (χ0) is 13.6. The van der Waals surface area contributed by atoms with E-state index in [1.807, 2.05) is 6.92 Å². The van der Waals surface area contributed by atoms with Crippen molar-refractivity contribution in [2.24, 2.45) is 0 Å². The summed E-state index contributed by atoms with van der Waals surface area (Å²) in [6.45, 7) is 2.94. The Balaban J connectivity index is 2.77. The molecule has 0 radical (unpaired) electrons. The summed E-state index contributed by atoms with van der Waals surface area (Å²) in [5, 5.41) is 8.69. The minimum Gasteiger partial charge on any atom is -0.491 e. The van der Waals surface area contributed by atoms with Crippen LogP contribution in [-0.4, -0.2) is 19.8 Å². The lowest BCUT2D eigenvalue weighted by molar-refractivity contribution is -0.137. The summed E-state index contributed by atoms with van der Waals surface area (Å²) in [5.74, 6) is 0.222. The van der Waals surface area contributed by atoms with Crippen molar-refractivity contribution >= 4 is 0 Å². The van der Waals surface area contributed by atoms with Crippen LogP contribution in [0.1, 0.15) is 18.1 Å². The van der Waals surface area contributed by atoms with E-state index in [0.717, 1.165) is 12.1 Å². The fraction of sp³-hybridized carbons (Fsp3) is 0.417. The zero-order valence-corrected chi connectivity index (χ0v) is 9.75. The van der Waals surface area contributed by atoms with Crippen LogP contribution >= 0.6 is 0 Å². The number of ether oxygens (including phenoxy) is 2. The van der Waals surface area contributed by atoms with Crippen LogP contribution in [0, 0.1) is 11.3 Å². The highest BCUT2D eigenvalue weighted by Gasteiger charge is 2.33. The summed E-state index contributed by atoms with van der Waals surface area (Å²) in [7, 11) is 0. The molecule has 6 heteroatoms. The van der Waals surface area contributed by atoms with Gasteiger partial charge in [-0.3, -0.25) is 0 Å². The van der Waals surface area contributed by atoms with E-state index in [2.05, 4.69) is 0 Å². The van der Waals surface area contributed by atoms with Gasteiger partial charge >= 0.3 is 6.18 Å². The number of hydrogen-bond donors (Lipinski definition) is 0. The lowest BCUT2D eigenvalue weighted by Crippen LogP contribution is -2.09. The van der Waals surface area contributed by atoms with Crippen LogP contribution in [0.4, 0.5) is 13.2 Å². The average Bonchev–Trinajstić information content (AvgIpc) is 2.33. The Bertz CT molecular complexity index is 438. The van der Waals surface area contributed by atoms with Crippen molar-refractivity contribution in [1.82, 2.24) is 0 Å². The second kappa shape index (κ2) is 6.26. The molecule has 1 rings (SSSR count). The van der Waals surface area contributed by atoms with Crippen molar-refractivity contribution in [3.05, 3.63) is 29.3 Å². The Morgan fingerprint density at radius 2 is 2.00 bits per heavy atom. The van der Waals surface area contributed by atoms with Crippen molar-refractivity contribution in [2.75, 3.05) is 19.8 Å². The summed E-state index contributed by atoms with van der Waals surface area (Å²) in [5.41, 5.74) is -1.40. The molecule has 0 saturated carbocycles. The van der Waals surface area contributed by atoms with Crippen LogP contribution < -0.4 is 4.74 Å². The summed E-state index contributed by atoms with van der Waals surface area (Å²) >= 11 is 0. The van der Waals surface area contributed by atoms with E-state index in [9.17, 15) is 13.2 Å². The first kappa shape index (κ1) is 14.3. The molecule has 0 spiro atoms. The Hall–Kier alpha value is -1.74. The SMILES string of the molecule is CCOCCOc1ccc(C(F)(F)F)c(C#N)c1. The van der Waals surface area contributed by atoms with Gasteiger partial charge < -0.3 is 9.47 Å². The normalized spacial score (nSPS) is 11.1. The number of benzene rings is 1. The first-order chi connectivity index (χ1) is 8.49. The molecule has 0 N–H and O–H groups in total. The summed E-state index contributed by atoms with van der Waals surface area (Å²) in [6.07, 6.45) is -4.53. The Kier molecular flexibility index (Phi) is 4.98. The molecule has 0 atom stereocenters. The van der Waals surface area contributed by atoms with E-state index in [4.69, 9.17) is 14.7 Å². The van der Waals surface area contributed by atoms with E-state index in [1.54, 1.807) is 0 Å². The Morgan fingerprint density at radius 3 is 2.56 bits per heavy atom. The molecule has 0 bridgehead atoms. The van der Waals surface area contributed by atoms with Crippen LogP contribution in [0.2, 0.25) is 0 Å². The fourth-order valence-electron chi connectivity index (χ4n) is 1.32. The van der Waals surface area contributed by atoms with E-state index < -0.39 is 17.3 Å². The Morgan fingerprint density at radius 1 is 1.28 bits per heavy atom. The van der Waals surface area contributed by atoms with Gasteiger partial charge in [-0.2, -0.15) is 18.4 Å². The molecule has 3 nitrogen and oxygen atoms in total. The van der Waals surface area contributed by atoms with Gasteiger partial charge in [-0.05, 0) is 25.1 Å². The third kappa shape index (κ3) is 3.93. The molecule has 0 unspecified atom stereocenters. The van der Waals surface area contributed by atoms with Gasteiger partial charge in [0.1, 0.15) is 12.4 Å². The largest absolute Gasteiger partial charge is 0.491 e. The third-order valence-corrected chi connectivity index (χ3v) is 2.12. The van der Waals surface area contributed by atoms with Crippen molar-refractivity contribution in [3.8, 4) is 11.8 Å². The van der Waals surface area contributed by atoms with Crippen LogP contribution in [0.3, 0.4) is 0 Å². The molecular weight excluding hydrogens is 247 g/mol. The van der Waals surface area contributed by atoms with Gasteiger partial charge in [0.2, 0.25) is 0 Å². The molecular formula is C12H12F3NO2. The molecule has 0 saturated heterocycles. The van der Waals surface area contributed by atoms with Crippen LogP contribution in [0.5, 0.6) is 5.75 Å². The summed E-state index contributed by atoms with van der Waals surface area (Å²) in [4.78, 5) is 0. The topological polar surface area (TPSA) is 42.2 Å². The molecule has 0 aliphatic heterocycles. The minimum atomic E-state index is -4.53. The molecule has 0 heterocycles. The van der Waals surface area contributed by atoms with E-state index in [-0.39, 0.29) is 12.4 Å². The first-order valence-corrected chi connectivity index (χ1v) is 5.31. The fourth-order valence-corrected chi connectivity index (χ4v) is 1.32. The molecule has 0 aliphatic carbocycles. The smallest absolute Gasteiger partial charge is 0.417 e. The lowest BCUT2D eigenvalue weighted by atomic mass is 10.1. The van der Waals surface area contributed by atoms with Crippen LogP contribution in [0.15, 0.2) is 18.2 Å². The number of halogens is 3. The predicted octanol–water partition coefficient (Wildman–Crippen LogP) is 2.99. The predicted molar refractivity (Wildman–Crippen MR) is 58.1 cm³/mol. The van der Waals surface area contributed by atoms with E-state index in [1.165, 1.54) is 12.1 Å². The molecule has 18 heavy (non-hydrogen) atoms. The van der Waals surface area contributed by atoms with Crippen molar-refractivity contribution in [1.29, 1.82) is 5.26 Å². The van der Waals surface area contributed by atoms with Gasteiger partial charge in [-0.15, -0.1) is 0 Å². The van der Waals surface area contributed by atoms with Crippen LogP contribution in [-0.2, 0) is 10.9 Å². The van der Waals surface area contributed by atoms with E-state index >= 15 is 0 Å². The second-order valence-electron chi connectivity index (χ2n) is 3.36. The highest BCUT2D eigenvalue weighted by Crippen LogP contribution is 2.33. The summed E-state index contributed by atoms with van der Waals surface area (Å²) in [6, 6.07) is 4.62. The van der Waals surface area contributed by atoms with E-state index in [0.29, 0.717) is 13.2 Å². The van der Waals surface area contributed by atoms with Gasteiger partial charge in [0, 0.05) is 6.61 Å². The maximum absolute atomic E-state index is 12.5. The third-order valence-electron chi connectivity index (χ3n) is 2.12. The number of alkyl halides is 3. The molecule has 98 valence electrons. The number of nitriles is 1. The Labute approximate surface area is 103 Å². The zero-order valence-electron chi connectivity index (χ0n) is 9.75. The molecule has 0 amide bonds. The van der Waals surface area contributed by atoms with Gasteiger partial charge in [-0.1, -0.05) is 0 Å². The number of hydrogen-bond acceptors (Lipinski definition) is 3. The second-order valence-corrected chi connectivity index (χ2v) is 3.36. The average molecular weight is 259 g/mol. The van der Waals surface area contributed by atoms with Gasteiger partial charge in [0.05, 0.1) is 23.8 Å². The minimum absolute atomic E-state index is 0.222. The highest BCUT2D eigenvalue weighted by atomic mass is 19.4. The highest BCUT2D eigenvalue weighted by molar-refractivity contribution is 5.44. The maximum Gasteiger partial charge on any atom is 0.417 e. The number of nitrogens with zero attached hydrogens (tertiary/aromatic N) is 1. The van der Waals surface area contributed by atoms with Crippen molar-refractivity contribution in [3.63, 3.8) is 0 Å². The first-order valence-electron chi connectivity index (χ1n) is 5.31. The molecule has 0 fully saturated rings. The van der Waals surface area contributed by atoms with Crippen LogP contribution in [0.25, 0.3) is 0 Å². The van der Waals surface area contributed by atoms with Crippen molar-refractivity contribution in [2.45, 2.75) is 13.1 Å². The molecule has 1 aromatic rings. The van der Waals surface area contributed by atoms with Crippen molar-refractivity contribution < 1.29 is 22.6 Å². The summed E-state index contributed by atoms with van der Waals surface area (Å²) < 4.78 is 47.7. The quantitative estimate of drug-likeness (QED) is 0.763. The van der Waals surface area contributed by atoms with Gasteiger partial charge in [-0.25, -0.2) is 0 Å². The number of rotatable bonds is 5. The maximum atomic E-state index is 12.5. The standard InChI is InChI=1S/C12H12F3NO2/c1-2-17-5-6-18-10-3-4-11(12(13,14)15)9(7-10)8-16/h3-4,7H,2,5-6H2,1H3. The lowest BCUT2D eigenvalue weighted by Gasteiger charge is -2.11. The van der Waals surface area contributed by atoms with Gasteiger partial charge in [0.25, 0.3) is 0 Å². The van der Waals surface area contributed by atoms with Gasteiger partial charge in [0.15, 0.2) is 0 Å². The molecule has 0 aromatic heterocycles.